The van der Waals surface area contributed by atoms with Crippen molar-refractivity contribution in [2.24, 2.45) is 4.99 Å². The average molecular weight is 381 g/mol. The smallest absolute Gasteiger partial charge is 0.335 e. The quantitative estimate of drug-likeness (QED) is 0.534. The summed E-state index contributed by atoms with van der Waals surface area (Å²) in [7, 11) is 0. The van der Waals surface area contributed by atoms with Gasteiger partial charge in [0.2, 0.25) is 0 Å². The molecule has 0 bridgehead atoms. The van der Waals surface area contributed by atoms with E-state index in [9.17, 15) is 4.79 Å². The maximum Gasteiger partial charge on any atom is 0.335 e. The van der Waals surface area contributed by atoms with Crippen LogP contribution in [0, 0.1) is 0 Å². The lowest BCUT2D eigenvalue weighted by atomic mass is 9.77. The van der Waals surface area contributed by atoms with Crippen molar-refractivity contribution in [1.29, 1.82) is 0 Å². The van der Waals surface area contributed by atoms with Gasteiger partial charge >= 0.3 is 5.97 Å². The van der Waals surface area contributed by atoms with Gasteiger partial charge in [-0.25, -0.2) is 9.48 Å². The monoisotopic (exact) mass is 381 g/mol. The van der Waals surface area contributed by atoms with Crippen LogP contribution in [0.5, 0.6) is 0 Å². The number of benzene rings is 3. The molecule has 1 aliphatic rings. The van der Waals surface area contributed by atoms with Crippen LogP contribution in [-0.4, -0.2) is 26.6 Å². The molecule has 0 fully saturated rings. The predicted octanol–water partition coefficient (Wildman–Crippen LogP) is 5.14. The Labute approximate surface area is 168 Å². The molecule has 1 aliphatic heterocycles. The van der Waals surface area contributed by atoms with Crippen LogP contribution in [0.2, 0.25) is 0 Å². The molecule has 0 aliphatic carbocycles. The molecule has 0 saturated heterocycles. The van der Waals surface area contributed by atoms with Crippen molar-refractivity contribution >= 4 is 28.1 Å². The van der Waals surface area contributed by atoms with Gasteiger partial charge in [0.05, 0.1) is 28.8 Å². The van der Waals surface area contributed by atoms with Crippen LogP contribution in [0.3, 0.4) is 0 Å². The molecule has 5 nitrogen and oxygen atoms in total. The molecule has 0 unspecified atom stereocenters. The third kappa shape index (κ3) is 2.66. The van der Waals surface area contributed by atoms with Crippen LogP contribution >= 0.6 is 0 Å². The van der Waals surface area contributed by atoms with Crippen molar-refractivity contribution in [3.8, 4) is 5.69 Å². The Hall–Kier alpha value is -3.73. The number of nitrogens with zero attached hydrogens (tertiary/aromatic N) is 3. The van der Waals surface area contributed by atoms with E-state index in [0.717, 1.165) is 22.6 Å². The van der Waals surface area contributed by atoms with Crippen LogP contribution in [0.4, 0.5) is 5.69 Å². The van der Waals surface area contributed by atoms with Gasteiger partial charge in [0.25, 0.3) is 0 Å². The van der Waals surface area contributed by atoms with Crippen LogP contribution in [0.15, 0.2) is 78.0 Å². The Kier molecular flexibility index (Phi) is 3.68. The third-order valence-electron chi connectivity index (χ3n) is 5.59. The highest BCUT2D eigenvalue weighted by molar-refractivity contribution is 6.15. The van der Waals surface area contributed by atoms with Crippen molar-refractivity contribution in [3.63, 3.8) is 0 Å². The standard InChI is InChI=1S/C24H19N3O2/c1-24(2)21-19-6-4-3-5-15(19)9-12-20(21)26-22(24)17-13-25-27(14-17)18-10-7-16(8-11-18)23(28)29/h3-14H,1-2H3,(H,28,29). The third-order valence-corrected chi connectivity index (χ3v) is 5.59. The molecule has 0 amide bonds. The number of aromatic nitrogens is 2. The molecule has 29 heavy (non-hydrogen) atoms. The van der Waals surface area contributed by atoms with Gasteiger partial charge < -0.3 is 5.11 Å². The predicted molar refractivity (Wildman–Crippen MR) is 114 cm³/mol. The normalized spacial score (nSPS) is 14.6. The summed E-state index contributed by atoms with van der Waals surface area (Å²) < 4.78 is 1.75. The molecule has 0 spiro atoms. The van der Waals surface area contributed by atoms with Crippen LogP contribution in [-0.2, 0) is 5.41 Å². The van der Waals surface area contributed by atoms with Crippen molar-refractivity contribution in [3.05, 3.63) is 89.7 Å². The molecular formula is C24H19N3O2. The first-order chi connectivity index (χ1) is 13.9. The summed E-state index contributed by atoms with van der Waals surface area (Å²) in [6, 6.07) is 19.3. The Bertz CT molecular complexity index is 1300. The zero-order valence-corrected chi connectivity index (χ0v) is 16.1. The van der Waals surface area contributed by atoms with Gasteiger partial charge in [0.15, 0.2) is 0 Å². The maximum absolute atomic E-state index is 11.1. The molecule has 142 valence electrons. The molecule has 1 N–H and O–H groups in total. The van der Waals surface area contributed by atoms with Crippen LogP contribution < -0.4 is 0 Å². The van der Waals surface area contributed by atoms with Gasteiger partial charge in [-0.05, 0) is 46.7 Å². The van der Waals surface area contributed by atoms with Gasteiger partial charge in [0, 0.05) is 17.2 Å². The molecular weight excluding hydrogens is 362 g/mol. The van der Waals surface area contributed by atoms with Gasteiger partial charge in [0.1, 0.15) is 0 Å². The van der Waals surface area contributed by atoms with E-state index in [4.69, 9.17) is 10.1 Å². The minimum Gasteiger partial charge on any atom is -0.478 e. The maximum atomic E-state index is 11.1. The van der Waals surface area contributed by atoms with Gasteiger partial charge in [-0.1, -0.05) is 44.2 Å². The first-order valence-electron chi connectivity index (χ1n) is 9.45. The van der Waals surface area contributed by atoms with E-state index in [1.54, 1.807) is 28.9 Å². The van der Waals surface area contributed by atoms with Gasteiger partial charge in [-0.3, -0.25) is 4.99 Å². The zero-order chi connectivity index (χ0) is 20.2. The van der Waals surface area contributed by atoms with Crippen LogP contribution in [0.25, 0.3) is 16.5 Å². The molecule has 4 aromatic rings. The minimum absolute atomic E-state index is 0.253. The first-order valence-corrected chi connectivity index (χ1v) is 9.45. The van der Waals surface area contributed by atoms with Crippen LogP contribution in [0.1, 0.15) is 35.3 Å². The largest absolute Gasteiger partial charge is 0.478 e. The topological polar surface area (TPSA) is 67.5 Å². The summed E-state index contributed by atoms with van der Waals surface area (Å²) in [6.45, 7) is 4.40. The summed E-state index contributed by atoms with van der Waals surface area (Å²) >= 11 is 0. The number of rotatable bonds is 3. The van der Waals surface area contributed by atoms with E-state index in [2.05, 4.69) is 55.3 Å². The van der Waals surface area contributed by atoms with E-state index < -0.39 is 5.97 Å². The highest BCUT2D eigenvalue weighted by atomic mass is 16.4. The summed E-state index contributed by atoms with van der Waals surface area (Å²) in [4.78, 5) is 16.0. The van der Waals surface area contributed by atoms with E-state index in [1.165, 1.54) is 16.3 Å². The number of aliphatic imine (C=N–C) groups is 1. The molecule has 1 aromatic heterocycles. The lowest BCUT2D eigenvalue weighted by molar-refractivity contribution is 0.0697. The Morgan fingerprint density at radius 2 is 1.76 bits per heavy atom. The molecule has 0 radical (unpaired) electrons. The lowest BCUT2D eigenvalue weighted by Crippen LogP contribution is -2.26. The molecule has 0 saturated carbocycles. The summed E-state index contributed by atoms with van der Waals surface area (Å²) in [6.07, 6.45) is 3.77. The fourth-order valence-electron chi connectivity index (χ4n) is 4.16. The van der Waals surface area contributed by atoms with Crippen molar-refractivity contribution in [2.45, 2.75) is 19.3 Å². The highest BCUT2D eigenvalue weighted by Crippen LogP contribution is 2.45. The number of carbonyl (C=O) groups is 1. The first kappa shape index (κ1) is 17.4. The van der Waals surface area contributed by atoms with E-state index in [1.807, 2.05) is 12.4 Å². The Balaban J connectivity index is 1.55. The number of fused-ring (bicyclic) bond motifs is 3. The summed E-state index contributed by atoms with van der Waals surface area (Å²) in [5.74, 6) is -0.940. The second kappa shape index (κ2) is 6.14. The van der Waals surface area contributed by atoms with Crippen molar-refractivity contribution < 1.29 is 9.90 Å². The Morgan fingerprint density at radius 1 is 1.00 bits per heavy atom. The van der Waals surface area contributed by atoms with E-state index >= 15 is 0 Å². The summed E-state index contributed by atoms with van der Waals surface area (Å²) in [5, 5.41) is 16.0. The Morgan fingerprint density at radius 3 is 2.52 bits per heavy atom. The average Bonchev–Trinajstić information content (AvgIpc) is 3.30. The van der Waals surface area contributed by atoms with Gasteiger partial charge in [-0.2, -0.15) is 5.10 Å². The fraction of sp³-hybridized carbons (Fsp3) is 0.125. The van der Waals surface area contributed by atoms with Crippen molar-refractivity contribution in [1.82, 2.24) is 9.78 Å². The second-order valence-corrected chi connectivity index (χ2v) is 7.79. The van der Waals surface area contributed by atoms with E-state index in [0.29, 0.717) is 0 Å². The number of hydrogen-bond acceptors (Lipinski definition) is 3. The van der Waals surface area contributed by atoms with E-state index in [-0.39, 0.29) is 11.0 Å². The fourth-order valence-corrected chi connectivity index (χ4v) is 4.16. The van der Waals surface area contributed by atoms with Gasteiger partial charge in [-0.15, -0.1) is 0 Å². The highest BCUT2D eigenvalue weighted by Gasteiger charge is 2.37. The molecule has 5 heteroatoms. The number of carboxylic acids is 1. The number of hydrogen-bond donors (Lipinski definition) is 1. The SMILES string of the molecule is CC1(C)C(c2cnn(-c3ccc(C(=O)O)cc3)c2)=Nc2ccc3ccccc3c21. The molecule has 0 atom stereocenters. The lowest BCUT2D eigenvalue weighted by Gasteiger charge is -2.23. The minimum atomic E-state index is -0.940. The number of carboxylic acid groups (broad SMARTS) is 1. The zero-order valence-electron chi connectivity index (χ0n) is 16.1. The second-order valence-electron chi connectivity index (χ2n) is 7.79. The molecule has 3 aromatic carbocycles. The summed E-state index contributed by atoms with van der Waals surface area (Å²) in [5.41, 5.74) is 4.99. The molecule has 2 heterocycles. The number of aromatic carboxylic acids is 1. The molecule has 5 rings (SSSR count). The van der Waals surface area contributed by atoms with Crippen molar-refractivity contribution in [2.75, 3.05) is 0 Å².